The molecule has 3 aromatic heterocycles. The number of alkyl halides is 3. The van der Waals surface area contributed by atoms with Crippen LogP contribution < -0.4 is 5.32 Å². The standard InChI is InChI=1S/C17H17F3N6OS/c1-4-15-23-24-16(28-15)22-14(27)7-12-9(2)25-26(10(12)3)13-6-5-11(8-21-13)17(18,19)20/h5-6,8H,4,7H2,1-3H3,(H,22,24,27). The number of hydrogen-bond acceptors (Lipinski definition) is 6. The Hall–Kier alpha value is -2.82. The lowest BCUT2D eigenvalue weighted by atomic mass is 10.1. The molecule has 0 aliphatic carbocycles. The van der Waals surface area contributed by atoms with Crippen LogP contribution in [-0.4, -0.2) is 30.9 Å². The van der Waals surface area contributed by atoms with E-state index in [0.29, 0.717) is 22.1 Å². The molecule has 0 bridgehead atoms. The van der Waals surface area contributed by atoms with E-state index in [0.717, 1.165) is 23.7 Å². The molecule has 7 nitrogen and oxygen atoms in total. The molecular weight excluding hydrogens is 393 g/mol. The van der Waals surface area contributed by atoms with Crippen molar-refractivity contribution in [2.45, 2.75) is 39.8 Å². The number of anilines is 1. The molecule has 28 heavy (non-hydrogen) atoms. The summed E-state index contributed by atoms with van der Waals surface area (Å²) < 4.78 is 39.5. The van der Waals surface area contributed by atoms with Crippen LogP contribution >= 0.6 is 11.3 Å². The molecule has 0 spiro atoms. The fraction of sp³-hybridized carbons (Fsp3) is 0.353. The maximum absolute atomic E-state index is 12.7. The Kier molecular flexibility index (Phi) is 5.45. The minimum absolute atomic E-state index is 0.0549. The second-order valence-electron chi connectivity index (χ2n) is 6.04. The molecule has 3 rings (SSSR count). The van der Waals surface area contributed by atoms with Crippen LogP contribution in [0.4, 0.5) is 18.3 Å². The Morgan fingerprint density at radius 3 is 2.57 bits per heavy atom. The first-order chi connectivity index (χ1) is 13.2. The van der Waals surface area contributed by atoms with Gasteiger partial charge in [-0.3, -0.25) is 4.79 Å². The van der Waals surface area contributed by atoms with Gasteiger partial charge in [0.1, 0.15) is 5.01 Å². The second-order valence-corrected chi connectivity index (χ2v) is 7.11. The van der Waals surface area contributed by atoms with Crippen molar-refractivity contribution < 1.29 is 18.0 Å². The molecular formula is C17H17F3N6OS. The summed E-state index contributed by atoms with van der Waals surface area (Å²) in [5.41, 5.74) is 1.08. The van der Waals surface area contributed by atoms with Crippen LogP contribution in [0.15, 0.2) is 18.3 Å². The monoisotopic (exact) mass is 410 g/mol. The summed E-state index contributed by atoms with van der Waals surface area (Å²) >= 11 is 1.31. The van der Waals surface area contributed by atoms with Crippen LogP contribution in [0.25, 0.3) is 5.82 Å². The SMILES string of the molecule is CCc1nnc(NC(=O)Cc2c(C)nn(-c3ccc(C(F)(F)F)cn3)c2C)s1. The first-order valence-electron chi connectivity index (χ1n) is 8.40. The van der Waals surface area contributed by atoms with Crippen molar-refractivity contribution in [3.05, 3.63) is 45.9 Å². The van der Waals surface area contributed by atoms with E-state index in [9.17, 15) is 18.0 Å². The molecule has 0 radical (unpaired) electrons. The minimum Gasteiger partial charge on any atom is -0.300 e. The normalized spacial score (nSPS) is 11.6. The van der Waals surface area contributed by atoms with Crippen LogP contribution in [0.1, 0.15) is 34.4 Å². The average Bonchev–Trinajstić information content (AvgIpc) is 3.20. The van der Waals surface area contributed by atoms with Crippen molar-refractivity contribution in [3.8, 4) is 5.82 Å². The van der Waals surface area contributed by atoms with Gasteiger partial charge in [0.2, 0.25) is 11.0 Å². The van der Waals surface area contributed by atoms with E-state index in [1.165, 1.54) is 22.1 Å². The number of hydrogen-bond donors (Lipinski definition) is 1. The molecule has 0 aromatic carbocycles. The van der Waals surface area contributed by atoms with E-state index in [4.69, 9.17) is 0 Å². The number of aromatic nitrogens is 5. The molecule has 0 aliphatic heterocycles. The summed E-state index contributed by atoms with van der Waals surface area (Å²) in [6.45, 7) is 5.42. The zero-order valence-electron chi connectivity index (χ0n) is 15.3. The van der Waals surface area contributed by atoms with E-state index in [1.54, 1.807) is 13.8 Å². The second kappa shape index (κ2) is 7.66. The molecule has 3 aromatic rings. The molecule has 1 N–H and O–H groups in total. The molecule has 0 saturated carbocycles. The van der Waals surface area contributed by atoms with Gasteiger partial charge >= 0.3 is 6.18 Å². The third-order valence-corrected chi connectivity index (χ3v) is 5.07. The number of aryl methyl sites for hydroxylation is 2. The van der Waals surface area contributed by atoms with E-state index in [-0.39, 0.29) is 18.1 Å². The molecule has 3 heterocycles. The van der Waals surface area contributed by atoms with Gasteiger partial charge in [0.25, 0.3) is 0 Å². The zero-order valence-corrected chi connectivity index (χ0v) is 16.1. The summed E-state index contributed by atoms with van der Waals surface area (Å²) in [6.07, 6.45) is -2.90. The molecule has 11 heteroatoms. The number of halogens is 3. The maximum atomic E-state index is 12.7. The Morgan fingerprint density at radius 2 is 2.00 bits per heavy atom. The van der Waals surface area contributed by atoms with Gasteiger partial charge in [-0.2, -0.15) is 18.3 Å². The van der Waals surface area contributed by atoms with Crippen LogP contribution in [0.3, 0.4) is 0 Å². The molecule has 0 atom stereocenters. The quantitative estimate of drug-likeness (QED) is 0.696. The van der Waals surface area contributed by atoms with Gasteiger partial charge in [0, 0.05) is 17.5 Å². The van der Waals surface area contributed by atoms with E-state index in [1.807, 2.05) is 6.92 Å². The number of rotatable bonds is 5. The van der Waals surface area contributed by atoms with Gasteiger partial charge in [0.15, 0.2) is 5.82 Å². The Morgan fingerprint density at radius 1 is 1.25 bits per heavy atom. The molecule has 0 fully saturated rings. The number of carbonyl (C=O) groups is 1. The van der Waals surface area contributed by atoms with Crippen LogP contribution in [-0.2, 0) is 23.8 Å². The third kappa shape index (κ3) is 4.19. The predicted octanol–water partition coefficient (Wildman–Crippen LogP) is 3.50. The van der Waals surface area contributed by atoms with Gasteiger partial charge < -0.3 is 5.32 Å². The molecule has 0 saturated heterocycles. The van der Waals surface area contributed by atoms with Crippen LogP contribution in [0.2, 0.25) is 0 Å². The Bertz CT molecular complexity index is 993. The van der Waals surface area contributed by atoms with E-state index >= 15 is 0 Å². The van der Waals surface area contributed by atoms with E-state index < -0.39 is 11.7 Å². The van der Waals surface area contributed by atoms with E-state index in [2.05, 4.69) is 25.6 Å². The lowest BCUT2D eigenvalue weighted by molar-refractivity contribution is -0.137. The van der Waals surface area contributed by atoms with Gasteiger partial charge in [-0.05, 0) is 32.4 Å². The van der Waals surface area contributed by atoms with Crippen molar-refractivity contribution in [2.75, 3.05) is 5.32 Å². The highest BCUT2D eigenvalue weighted by Gasteiger charge is 2.31. The molecule has 148 valence electrons. The van der Waals surface area contributed by atoms with Crippen molar-refractivity contribution in [3.63, 3.8) is 0 Å². The highest BCUT2D eigenvalue weighted by atomic mass is 32.1. The highest BCUT2D eigenvalue weighted by molar-refractivity contribution is 7.15. The van der Waals surface area contributed by atoms with Gasteiger partial charge in [-0.1, -0.05) is 18.3 Å². The summed E-state index contributed by atoms with van der Waals surface area (Å²) in [6, 6.07) is 2.20. The zero-order chi connectivity index (χ0) is 20.5. The number of pyridine rings is 1. The lowest BCUT2D eigenvalue weighted by Crippen LogP contribution is -2.15. The summed E-state index contributed by atoms with van der Waals surface area (Å²) in [5.74, 6) is -0.0260. The smallest absolute Gasteiger partial charge is 0.300 e. The molecule has 1 amide bonds. The van der Waals surface area contributed by atoms with Crippen molar-refractivity contribution in [1.82, 2.24) is 25.0 Å². The Labute approximate surface area is 162 Å². The fourth-order valence-corrected chi connectivity index (χ4v) is 3.30. The van der Waals surface area contributed by atoms with Gasteiger partial charge in [-0.15, -0.1) is 10.2 Å². The van der Waals surface area contributed by atoms with Crippen LogP contribution in [0.5, 0.6) is 0 Å². The van der Waals surface area contributed by atoms with Gasteiger partial charge in [0.05, 0.1) is 17.7 Å². The fourth-order valence-electron chi connectivity index (χ4n) is 2.60. The predicted molar refractivity (Wildman–Crippen MR) is 97.5 cm³/mol. The largest absolute Gasteiger partial charge is 0.417 e. The van der Waals surface area contributed by atoms with Crippen molar-refractivity contribution in [2.24, 2.45) is 0 Å². The minimum atomic E-state index is -4.45. The Balaban J connectivity index is 1.78. The summed E-state index contributed by atoms with van der Waals surface area (Å²) in [7, 11) is 0. The van der Waals surface area contributed by atoms with Crippen molar-refractivity contribution >= 4 is 22.4 Å². The third-order valence-electron chi connectivity index (χ3n) is 4.09. The maximum Gasteiger partial charge on any atom is 0.417 e. The average molecular weight is 410 g/mol. The highest BCUT2D eigenvalue weighted by Crippen LogP contribution is 2.29. The summed E-state index contributed by atoms with van der Waals surface area (Å²) in [5, 5.41) is 16.1. The molecule has 0 aliphatic rings. The number of amides is 1. The summed E-state index contributed by atoms with van der Waals surface area (Å²) in [4.78, 5) is 16.2. The van der Waals surface area contributed by atoms with Gasteiger partial charge in [-0.25, -0.2) is 9.67 Å². The number of nitrogens with zero attached hydrogens (tertiary/aromatic N) is 5. The topological polar surface area (TPSA) is 85.6 Å². The number of nitrogens with one attached hydrogen (secondary N) is 1. The first-order valence-corrected chi connectivity index (χ1v) is 9.21. The lowest BCUT2D eigenvalue weighted by Gasteiger charge is -2.08. The number of carbonyl (C=O) groups excluding carboxylic acids is 1. The molecule has 0 unspecified atom stereocenters. The van der Waals surface area contributed by atoms with Crippen LogP contribution in [0, 0.1) is 13.8 Å². The van der Waals surface area contributed by atoms with Crippen molar-refractivity contribution in [1.29, 1.82) is 0 Å². The first kappa shape index (κ1) is 19.9.